The first kappa shape index (κ1) is 17.9. The topological polar surface area (TPSA) is 54.2 Å². The lowest BCUT2D eigenvalue weighted by Crippen LogP contribution is -2.39. The first-order valence-corrected chi connectivity index (χ1v) is 8.86. The third-order valence-electron chi connectivity index (χ3n) is 4.26. The minimum atomic E-state index is -0.162. The number of rotatable bonds is 7. The van der Waals surface area contributed by atoms with Crippen molar-refractivity contribution in [3.05, 3.63) is 66.2 Å². The molecule has 0 saturated heterocycles. The highest BCUT2D eigenvalue weighted by Crippen LogP contribution is 2.11. The minimum absolute atomic E-state index is 0.162. The Morgan fingerprint density at radius 3 is 2.69 bits per heavy atom. The Morgan fingerprint density at radius 2 is 1.85 bits per heavy atom. The van der Waals surface area contributed by atoms with Crippen molar-refractivity contribution in [2.45, 2.75) is 19.4 Å². The van der Waals surface area contributed by atoms with Crippen molar-refractivity contribution >= 4 is 17.0 Å². The first-order valence-electron chi connectivity index (χ1n) is 8.86. The van der Waals surface area contributed by atoms with Crippen molar-refractivity contribution in [1.29, 1.82) is 0 Å². The molecule has 0 radical (unpaired) electrons. The number of para-hydroxylation sites is 2. The molecule has 0 bridgehead atoms. The predicted molar refractivity (Wildman–Crippen MR) is 104 cm³/mol. The van der Waals surface area contributed by atoms with Crippen molar-refractivity contribution in [2.75, 3.05) is 20.1 Å². The van der Waals surface area contributed by atoms with Gasteiger partial charge in [0.25, 0.3) is 0 Å². The second kappa shape index (κ2) is 8.99. The molecule has 0 saturated carbocycles. The lowest BCUT2D eigenvalue weighted by molar-refractivity contribution is 0.605. The summed E-state index contributed by atoms with van der Waals surface area (Å²) in [5, 5.41) is 6.51. The van der Waals surface area contributed by atoms with Crippen LogP contribution in [0.2, 0.25) is 0 Å². The Morgan fingerprint density at radius 1 is 1.08 bits per heavy atom. The van der Waals surface area contributed by atoms with E-state index >= 15 is 0 Å². The van der Waals surface area contributed by atoms with E-state index in [1.165, 1.54) is 6.07 Å². The van der Waals surface area contributed by atoms with Crippen molar-refractivity contribution in [1.82, 2.24) is 20.2 Å². The van der Waals surface area contributed by atoms with Gasteiger partial charge in [0.1, 0.15) is 5.82 Å². The van der Waals surface area contributed by atoms with Crippen LogP contribution in [0.25, 0.3) is 11.0 Å². The Labute approximate surface area is 153 Å². The highest BCUT2D eigenvalue weighted by molar-refractivity contribution is 5.79. The molecule has 5 nitrogen and oxygen atoms in total. The number of aromatic nitrogens is 2. The molecule has 0 unspecified atom stereocenters. The molecule has 26 heavy (non-hydrogen) atoms. The Kier molecular flexibility index (Phi) is 6.19. The summed E-state index contributed by atoms with van der Waals surface area (Å²) in [6.07, 6.45) is 3.45. The van der Waals surface area contributed by atoms with Gasteiger partial charge in [0, 0.05) is 26.7 Å². The van der Waals surface area contributed by atoms with Crippen LogP contribution in [0, 0.1) is 5.82 Å². The summed E-state index contributed by atoms with van der Waals surface area (Å²) in [4.78, 5) is 8.61. The monoisotopic (exact) mass is 353 g/mol. The number of benzene rings is 2. The van der Waals surface area contributed by atoms with E-state index in [-0.39, 0.29) is 5.82 Å². The van der Waals surface area contributed by atoms with Crippen molar-refractivity contribution in [3.63, 3.8) is 0 Å². The zero-order valence-electron chi connectivity index (χ0n) is 15.0. The highest BCUT2D eigenvalue weighted by atomic mass is 19.1. The Balaban J connectivity index is 1.40. The van der Waals surface area contributed by atoms with Gasteiger partial charge >= 0.3 is 0 Å². The average Bonchev–Trinajstić information content (AvgIpc) is 3.08. The summed E-state index contributed by atoms with van der Waals surface area (Å²) in [5.74, 6) is 0.571. The Bertz CT molecular complexity index is 871. The molecule has 0 amide bonds. The molecule has 0 spiro atoms. The second-order valence-electron chi connectivity index (χ2n) is 6.05. The molecule has 0 aliphatic rings. The van der Waals surface area contributed by atoms with Crippen LogP contribution in [-0.2, 0) is 13.0 Å². The van der Waals surface area contributed by atoms with Crippen LogP contribution < -0.4 is 10.6 Å². The number of fused-ring (bicyclic) bond motifs is 1. The maximum absolute atomic E-state index is 13.6. The number of halogens is 1. The molecule has 0 fully saturated rings. The maximum Gasteiger partial charge on any atom is 0.190 e. The molecule has 0 atom stereocenters. The van der Waals surface area contributed by atoms with Crippen LogP contribution in [-0.4, -0.2) is 35.6 Å². The summed E-state index contributed by atoms with van der Waals surface area (Å²) in [7, 11) is 1.74. The van der Waals surface area contributed by atoms with E-state index in [4.69, 9.17) is 0 Å². The number of hydrogen-bond acceptors (Lipinski definition) is 2. The molecule has 2 aromatic carbocycles. The van der Waals surface area contributed by atoms with E-state index in [1.807, 2.05) is 36.7 Å². The molecule has 1 heterocycles. The smallest absolute Gasteiger partial charge is 0.190 e. The van der Waals surface area contributed by atoms with Gasteiger partial charge in [-0.1, -0.05) is 30.3 Å². The zero-order valence-corrected chi connectivity index (χ0v) is 15.0. The lowest BCUT2D eigenvalue weighted by atomic mass is 10.1. The lowest BCUT2D eigenvalue weighted by Gasteiger charge is -2.12. The summed E-state index contributed by atoms with van der Waals surface area (Å²) in [6.45, 7) is 2.32. The van der Waals surface area contributed by atoms with Gasteiger partial charge in [-0.2, -0.15) is 0 Å². The molecular formula is C20H24FN5. The molecular weight excluding hydrogens is 329 g/mol. The minimum Gasteiger partial charge on any atom is -0.356 e. The third kappa shape index (κ3) is 4.59. The molecule has 1 aromatic heterocycles. The van der Waals surface area contributed by atoms with Crippen molar-refractivity contribution < 1.29 is 4.39 Å². The van der Waals surface area contributed by atoms with Crippen LogP contribution in [0.5, 0.6) is 0 Å². The van der Waals surface area contributed by atoms with Crippen LogP contribution in [0.1, 0.15) is 12.0 Å². The zero-order chi connectivity index (χ0) is 18.2. The normalized spacial score (nSPS) is 11.7. The van der Waals surface area contributed by atoms with Crippen LogP contribution in [0.3, 0.4) is 0 Å². The van der Waals surface area contributed by atoms with E-state index < -0.39 is 0 Å². The van der Waals surface area contributed by atoms with Gasteiger partial charge in [-0.15, -0.1) is 0 Å². The van der Waals surface area contributed by atoms with E-state index in [1.54, 1.807) is 13.1 Å². The number of imidazole rings is 1. The van der Waals surface area contributed by atoms with Crippen LogP contribution in [0.15, 0.2) is 59.9 Å². The van der Waals surface area contributed by atoms with Crippen LogP contribution >= 0.6 is 0 Å². The van der Waals surface area contributed by atoms with Gasteiger partial charge in [-0.05, 0) is 36.6 Å². The third-order valence-corrected chi connectivity index (χ3v) is 4.26. The maximum atomic E-state index is 13.6. The second-order valence-corrected chi connectivity index (χ2v) is 6.05. The number of nitrogens with one attached hydrogen (secondary N) is 2. The van der Waals surface area contributed by atoms with Crippen LogP contribution in [0.4, 0.5) is 4.39 Å². The van der Waals surface area contributed by atoms with Gasteiger partial charge in [0.2, 0.25) is 0 Å². The largest absolute Gasteiger partial charge is 0.356 e. The summed E-state index contributed by atoms with van der Waals surface area (Å²) >= 11 is 0. The number of aliphatic imine (C=N–C) groups is 1. The predicted octanol–water partition coefficient (Wildman–Crippen LogP) is 2.97. The number of nitrogens with zero attached hydrogens (tertiary/aromatic N) is 3. The summed E-state index contributed by atoms with van der Waals surface area (Å²) < 4.78 is 15.8. The van der Waals surface area contributed by atoms with E-state index in [0.29, 0.717) is 18.5 Å². The molecule has 3 rings (SSSR count). The number of aryl methyl sites for hydroxylation is 1. The molecule has 0 aliphatic carbocycles. The molecule has 3 aromatic rings. The van der Waals surface area contributed by atoms with Crippen molar-refractivity contribution in [2.24, 2.45) is 4.99 Å². The number of guanidine groups is 1. The van der Waals surface area contributed by atoms with E-state index in [2.05, 4.69) is 31.2 Å². The fraction of sp³-hybridized carbons (Fsp3) is 0.300. The standard InChI is InChI=1S/C20H24FN5/c1-22-20(24-13-11-16-7-2-3-8-17(16)21)23-12-6-14-26-15-25-18-9-4-5-10-19(18)26/h2-5,7-10,15H,6,11-14H2,1H3,(H2,22,23,24). The van der Waals surface area contributed by atoms with Gasteiger partial charge in [0.15, 0.2) is 5.96 Å². The van der Waals surface area contributed by atoms with E-state index in [0.717, 1.165) is 36.5 Å². The molecule has 136 valence electrons. The summed E-state index contributed by atoms with van der Waals surface area (Å²) in [5.41, 5.74) is 2.88. The molecule has 2 N–H and O–H groups in total. The molecule has 6 heteroatoms. The first-order chi connectivity index (χ1) is 12.8. The summed E-state index contributed by atoms with van der Waals surface area (Å²) in [6, 6.07) is 15.0. The Hall–Kier alpha value is -2.89. The SMILES string of the molecule is CN=C(NCCCn1cnc2ccccc21)NCCc1ccccc1F. The van der Waals surface area contributed by atoms with Gasteiger partial charge in [0.05, 0.1) is 17.4 Å². The fourth-order valence-corrected chi connectivity index (χ4v) is 2.88. The highest BCUT2D eigenvalue weighted by Gasteiger charge is 2.03. The molecule has 0 aliphatic heterocycles. The number of hydrogen-bond donors (Lipinski definition) is 2. The van der Waals surface area contributed by atoms with Gasteiger partial charge in [-0.25, -0.2) is 9.37 Å². The van der Waals surface area contributed by atoms with Gasteiger partial charge in [-0.3, -0.25) is 4.99 Å². The quantitative estimate of drug-likeness (QED) is 0.390. The van der Waals surface area contributed by atoms with Gasteiger partial charge < -0.3 is 15.2 Å². The fourth-order valence-electron chi connectivity index (χ4n) is 2.88. The van der Waals surface area contributed by atoms with Crippen molar-refractivity contribution in [3.8, 4) is 0 Å². The van der Waals surface area contributed by atoms with E-state index in [9.17, 15) is 4.39 Å². The average molecular weight is 353 g/mol.